The highest BCUT2D eigenvalue weighted by Gasteiger charge is 2.40. The lowest BCUT2D eigenvalue weighted by Gasteiger charge is -2.20. The van der Waals surface area contributed by atoms with E-state index in [4.69, 9.17) is 16.4 Å². The van der Waals surface area contributed by atoms with E-state index in [0.29, 0.717) is 5.02 Å². The number of benzene rings is 3. The van der Waals surface area contributed by atoms with Crippen LogP contribution >= 0.6 is 11.6 Å². The maximum absolute atomic E-state index is 13.1. The predicted molar refractivity (Wildman–Crippen MR) is 136 cm³/mol. The lowest BCUT2D eigenvalue weighted by molar-refractivity contribution is -0.133. The molecule has 1 fully saturated rings. The Morgan fingerprint density at radius 1 is 0.886 bits per heavy atom. The fourth-order valence-corrected chi connectivity index (χ4v) is 6.36. The normalized spacial score (nSPS) is 19.3. The summed E-state index contributed by atoms with van der Waals surface area (Å²) in [6.07, 6.45) is 3.99. The summed E-state index contributed by atoms with van der Waals surface area (Å²) in [4.78, 5) is 6.13. The molecule has 1 heterocycles. The molecule has 0 aromatic heterocycles. The van der Waals surface area contributed by atoms with Gasteiger partial charge in [-0.05, 0) is 42.0 Å². The number of nitrogens with zero attached hydrogens (tertiary/aromatic N) is 1. The van der Waals surface area contributed by atoms with Crippen molar-refractivity contribution < 1.29 is 21.7 Å². The van der Waals surface area contributed by atoms with Crippen LogP contribution in [0, 0.1) is 0 Å². The summed E-state index contributed by atoms with van der Waals surface area (Å²) in [6, 6.07) is 23.3. The quantitative estimate of drug-likeness (QED) is 0.445. The number of halogens is 1. The zero-order valence-corrected chi connectivity index (χ0v) is 21.1. The SMILES string of the molecule is O=S(=O)(NCCN1O[C@H](S(=O)(=O)c2ccccc2)C[C@H]1/C=C/c1ccccc1)c1ccc(Cl)cc1. The number of rotatable bonds is 9. The summed E-state index contributed by atoms with van der Waals surface area (Å²) >= 11 is 5.84. The molecule has 0 unspecified atom stereocenters. The average Bonchev–Trinajstić information content (AvgIpc) is 3.28. The van der Waals surface area contributed by atoms with Crippen molar-refractivity contribution in [3.05, 3.63) is 102 Å². The molecule has 1 N–H and O–H groups in total. The van der Waals surface area contributed by atoms with E-state index in [1.54, 1.807) is 18.2 Å². The smallest absolute Gasteiger partial charge is 0.240 e. The molecule has 0 bridgehead atoms. The minimum Gasteiger partial charge on any atom is -0.278 e. The first-order chi connectivity index (χ1) is 16.8. The molecule has 0 amide bonds. The zero-order valence-electron chi connectivity index (χ0n) is 18.7. The third-order valence-electron chi connectivity index (χ3n) is 5.53. The van der Waals surface area contributed by atoms with Gasteiger partial charge in [-0.2, -0.15) is 5.06 Å². The van der Waals surface area contributed by atoms with Gasteiger partial charge in [0.1, 0.15) is 0 Å². The first-order valence-corrected chi connectivity index (χ1v) is 14.4. The molecular formula is C25H25ClN2O5S2. The van der Waals surface area contributed by atoms with E-state index >= 15 is 0 Å². The Balaban J connectivity index is 1.49. The highest BCUT2D eigenvalue weighted by atomic mass is 35.5. The molecule has 0 spiro atoms. The Bertz CT molecular complexity index is 1360. The minimum atomic E-state index is -3.75. The number of sulfone groups is 1. The Labute approximate surface area is 210 Å². The van der Waals surface area contributed by atoms with Crippen molar-refractivity contribution in [2.75, 3.05) is 13.1 Å². The second kappa shape index (κ2) is 11.0. The first kappa shape index (κ1) is 25.6. The monoisotopic (exact) mass is 532 g/mol. The molecule has 2 atom stereocenters. The van der Waals surface area contributed by atoms with Gasteiger partial charge in [0, 0.05) is 24.5 Å². The molecule has 7 nitrogen and oxygen atoms in total. The number of hydroxylamine groups is 2. The highest BCUT2D eigenvalue weighted by molar-refractivity contribution is 7.92. The van der Waals surface area contributed by atoms with Gasteiger partial charge in [-0.15, -0.1) is 0 Å². The topological polar surface area (TPSA) is 92.8 Å². The van der Waals surface area contributed by atoms with Crippen LogP contribution in [-0.4, -0.2) is 46.5 Å². The number of hydrogen-bond acceptors (Lipinski definition) is 6. The number of nitrogens with one attached hydrogen (secondary N) is 1. The summed E-state index contributed by atoms with van der Waals surface area (Å²) in [6.45, 7) is 0.177. The van der Waals surface area contributed by atoms with Crippen LogP contribution in [0.3, 0.4) is 0 Å². The summed E-state index contributed by atoms with van der Waals surface area (Å²) < 4.78 is 54.0. The molecule has 3 aromatic carbocycles. The van der Waals surface area contributed by atoms with Gasteiger partial charge in [0.25, 0.3) is 0 Å². The van der Waals surface area contributed by atoms with E-state index in [1.807, 2.05) is 42.5 Å². The van der Waals surface area contributed by atoms with E-state index in [9.17, 15) is 16.8 Å². The predicted octanol–water partition coefficient (Wildman–Crippen LogP) is 4.14. The molecule has 0 aliphatic carbocycles. The summed E-state index contributed by atoms with van der Waals surface area (Å²) in [5.41, 5.74) is -0.117. The minimum absolute atomic E-state index is 0.0265. The van der Waals surface area contributed by atoms with Gasteiger partial charge in [0.15, 0.2) is 5.44 Å². The second-order valence-electron chi connectivity index (χ2n) is 7.96. The van der Waals surface area contributed by atoms with Crippen molar-refractivity contribution in [3.8, 4) is 0 Å². The molecule has 10 heteroatoms. The molecule has 184 valence electrons. The van der Waals surface area contributed by atoms with Crippen LogP contribution in [0.1, 0.15) is 12.0 Å². The van der Waals surface area contributed by atoms with E-state index in [1.165, 1.54) is 41.5 Å². The van der Waals surface area contributed by atoms with Crippen molar-refractivity contribution in [2.24, 2.45) is 0 Å². The molecule has 1 saturated heterocycles. The van der Waals surface area contributed by atoms with Gasteiger partial charge in [-0.1, -0.05) is 72.3 Å². The average molecular weight is 533 g/mol. The van der Waals surface area contributed by atoms with Crippen LogP contribution in [0.4, 0.5) is 0 Å². The molecule has 3 aromatic rings. The van der Waals surface area contributed by atoms with Crippen molar-refractivity contribution in [3.63, 3.8) is 0 Å². The van der Waals surface area contributed by atoms with Crippen LogP contribution in [0.5, 0.6) is 0 Å². The van der Waals surface area contributed by atoms with Crippen molar-refractivity contribution in [2.45, 2.75) is 27.7 Å². The Kier molecular flexibility index (Phi) is 8.05. The van der Waals surface area contributed by atoms with Gasteiger partial charge in [0.05, 0.1) is 15.8 Å². The third kappa shape index (κ3) is 6.38. The molecular weight excluding hydrogens is 508 g/mol. The summed E-state index contributed by atoms with van der Waals surface area (Å²) in [5, 5.41) is 1.96. The third-order valence-corrected chi connectivity index (χ3v) is 9.16. The molecule has 4 rings (SSSR count). The van der Waals surface area contributed by atoms with Crippen molar-refractivity contribution in [1.82, 2.24) is 9.79 Å². The Morgan fingerprint density at radius 2 is 1.51 bits per heavy atom. The Hall–Kier alpha value is -2.53. The number of hydrogen-bond donors (Lipinski definition) is 1. The van der Waals surface area contributed by atoms with Gasteiger partial charge in [-0.3, -0.25) is 4.84 Å². The van der Waals surface area contributed by atoms with Gasteiger partial charge in [-0.25, -0.2) is 21.6 Å². The second-order valence-corrected chi connectivity index (χ2v) is 12.2. The molecule has 1 aliphatic rings. The van der Waals surface area contributed by atoms with E-state index in [2.05, 4.69) is 4.72 Å². The molecule has 35 heavy (non-hydrogen) atoms. The highest BCUT2D eigenvalue weighted by Crippen LogP contribution is 2.30. The van der Waals surface area contributed by atoms with E-state index < -0.39 is 25.3 Å². The van der Waals surface area contributed by atoms with Gasteiger partial charge in [0.2, 0.25) is 19.9 Å². The summed E-state index contributed by atoms with van der Waals surface area (Å²) in [7, 11) is -7.49. The molecule has 0 saturated carbocycles. The van der Waals surface area contributed by atoms with Crippen LogP contribution in [-0.2, 0) is 24.7 Å². The van der Waals surface area contributed by atoms with Gasteiger partial charge >= 0.3 is 0 Å². The van der Waals surface area contributed by atoms with Crippen molar-refractivity contribution >= 4 is 37.5 Å². The fourth-order valence-electron chi connectivity index (χ4n) is 3.70. The standard InChI is InChI=1S/C25H25ClN2O5S2/c26-21-12-15-24(16-13-21)35(31,32)27-17-18-28-22(14-11-20-7-3-1-4-8-20)19-25(33-28)34(29,30)23-9-5-2-6-10-23/h1-16,22,25,27H,17-19H2/b14-11+/t22-,25-/m1/s1. The van der Waals surface area contributed by atoms with E-state index in [-0.39, 0.29) is 35.3 Å². The zero-order chi connectivity index (χ0) is 24.9. The number of sulfonamides is 1. The van der Waals surface area contributed by atoms with Crippen LogP contribution in [0.25, 0.3) is 6.08 Å². The van der Waals surface area contributed by atoms with Crippen LogP contribution in [0.15, 0.2) is 101 Å². The van der Waals surface area contributed by atoms with E-state index in [0.717, 1.165) is 5.56 Å². The lowest BCUT2D eigenvalue weighted by atomic mass is 10.1. The first-order valence-electron chi connectivity index (χ1n) is 11.0. The largest absolute Gasteiger partial charge is 0.278 e. The van der Waals surface area contributed by atoms with Crippen LogP contribution < -0.4 is 4.72 Å². The molecule has 1 aliphatic heterocycles. The lowest BCUT2D eigenvalue weighted by Crippen LogP contribution is -2.36. The fraction of sp³-hybridized carbons (Fsp3) is 0.200. The maximum atomic E-state index is 13.1. The van der Waals surface area contributed by atoms with Crippen molar-refractivity contribution in [1.29, 1.82) is 0 Å². The van der Waals surface area contributed by atoms with Crippen LogP contribution in [0.2, 0.25) is 5.02 Å². The maximum Gasteiger partial charge on any atom is 0.240 e. The molecule has 0 radical (unpaired) electrons. The van der Waals surface area contributed by atoms with Gasteiger partial charge < -0.3 is 0 Å². The Morgan fingerprint density at radius 3 is 2.17 bits per heavy atom. The summed E-state index contributed by atoms with van der Waals surface area (Å²) in [5.74, 6) is 0.